The molecule has 1 aliphatic rings. The summed E-state index contributed by atoms with van der Waals surface area (Å²) in [5.41, 5.74) is 14.0. The summed E-state index contributed by atoms with van der Waals surface area (Å²) in [5.74, 6) is -0.402. The lowest BCUT2D eigenvalue weighted by molar-refractivity contribution is 0.630. The maximum Gasteiger partial charge on any atom is 0.123 e. The molecule has 0 spiro atoms. The van der Waals surface area contributed by atoms with Gasteiger partial charge in [-0.15, -0.1) is 0 Å². The monoisotopic (exact) mass is 1530 g/mol. The Kier molecular flexibility index (Phi) is 12.4. The standard InChI is InChI=1S/C42H28.C40H26.C35H25F/c1-3-14-29(15-4-1)33-19-7-8-20-35(33)42-38-23-11-9-21-36(38)41(37-22-10-12-24-39(37)42)32-27-26-31-18-13-25-34(40(31)28-32)30-16-5-2-6-17-30;1-2-11-27(12-3-1)29-21-22-31-26-32(24-23-30(31)25-29)39-35-16-6-8-18-37(35)40(38-19-9-7-17-36(38)39)34-20-10-14-28-13-4-5-15-33(28)34;1-35(2)31-15-9-8-12-25(31)26-18-16-23(20-32(26)35)34-28-14-7-6-13-27(28)33(22-10-4-3-5-11-22)30-21-24(36)17-19-29(30)34/h1-28H;1-26H;3-21H,1-2H3/i1D,3D,4D,9D,10D,11D,12D,14D,15D,21D,22D,23D,24D;6D,7D,8D,9D,16D,17D,18D,19D;6D,7D,13D,14D. The first-order valence-corrected chi connectivity index (χ1v) is 38.8. The molecule has 0 unspecified atom stereocenters. The van der Waals surface area contributed by atoms with Crippen LogP contribution in [0.2, 0.25) is 0 Å². The molecule has 0 amide bonds. The van der Waals surface area contributed by atoms with Crippen molar-refractivity contribution >= 4 is 97.0 Å². The molecule has 22 aromatic rings. The third-order valence-corrected chi connectivity index (χ3v) is 22.9. The van der Waals surface area contributed by atoms with Crippen molar-refractivity contribution < 1.29 is 38.7 Å². The van der Waals surface area contributed by atoms with Crippen molar-refractivity contribution in [3.8, 4) is 111 Å². The lowest BCUT2D eigenvalue weighted by Gasteiger charge is -2.23. The van der Waals surface area contributed by atoms with Crippen molar-refractivity contribution in [3.63, 3.8) is 0 Å². The number of halogens is 1. The summed E-state index contributed by atoms with van der Waals surface area (Å²) in [6.45, 7) is 4.41. The molecule has 0 saturated carbocycles. The van der Waals surface area contributed by atoms with Gasteiger partial charge in [-0.1, -0.05) is 420 Å². The third kappa shape index (κ3) is 12.4. The van der Waals surface area contributed by atoms with Crippen LogP contribution in [-0.2, 0) is 5.41 Å². The fraction of sp³-hybridized carbons (Fsp3) is 0.0256. The highest BCUT2D eigenvalue weighted by Gasteiger charge is 2.36. The van der Waals surface area contributed by atoms with Crippen molar-refractivity contribution in [3.05, 3.63) is 459 Å². The van der Waals surface area contributed by atoms with Gasteiger partial charge in [-0.05, 0) is 256 Å². The zero-order valence-corrected chi connectivity index (χ0v) is 63.6. The Morgan fingerprint density at radius 1 is 0.186 bits per heavy atom. The van der Waals surface area contributed by atoms with Crippen LogP contribution in [0, 0.1) is 5.82 Å². The molecule has 0 N–H and O–H groups in total. The van der Waals surface area contributed by atoms with Crippen molar-refractivity contribution in [1.82, 2.24) is 0 Å². The maximum atomic E-state index is 14.9. The molecule has 0 fully saturated rings. The van der Waals surface area contributed by atoms with Crippen molar-refractivity contribution in [2.45, 2.75) is 19.3 Å². The normalized spacial score (nSPS) is 15.1. The minimum Gasteiger partial charge on any atom is -0.207 e. The predicted molar refractivity (Wildman–Crippen MR) is 503 cm³/mol. The Morgan fingerprint density at radius 3 is 1.15 bits per heavy atom. The topological polar surface area (TPSA) is 0 Å². The molecule has 0 aliphatic heterocycles. The molecular weight excluding hydrogens is 1420 g/mol. The van der Waals surface area contributed by atoms with Crippen molar-refractivity contribution in [1.29, 1.82) is 0 Å². The highest BCUT2D eigenvalue weighted by Crippen LogP contribution is 2.54. The van der Waals surface area contributed by atoms with Crippen LogP contribution in [0.15, 0.2) is 442 Å². The summed E-state index contributed by atoms with van der Waals surface area (Å²) in [6, 6.07) is 81.0. The minimum absolute atomic E-state index is 0.00550. The molecule has 0 atom stereocenters. The summed E-state index contributed by atoms with van der Waals surface area (Å²) in [5, 5.41) is 8.19. The quantitative estimate of drug-likeness (QED) is 0.126. The summed E-state index contributed by atoms with van der Waals surface area (Å²) in [6.07, 6.45) is 0. The number of fused-ring (bicyclic) bond motifs is 12. The van der Waals surface area contributed by atoms with Gasteiger partial charge in [0.05, 0.1) is 34.3 Å². The van der Waals surface area contributed by atoms with E-state index in [1.54, 1.807) is 30.3 Å². The van der Waals surface area contributed by atoms with Crippen molar-refractivity contribution in [2.24, 2.45) is 0 Å². The fourth-order valence-corrected chi connectivity index (χ4v) is 17.6. The molecule has 554 valence electrons. The molecule has 0 saturated heterocycles. The van der Waals surface area contributed by atoms with Crippen LogP contribution in [0.1, 0.15) is 59.2 Å². The molecular formula is C117H79F. The van der Waals surface area contributed by atoms with Gasteiger partial charge in [-0.2, -0.15) is 0 Å². The van der Waals surface area contributed by atoms with Gasteiger partial charge in [0.25, 0.3) is 0 Å². The molecule has 1 heteroatoms. The molecule has 0 aromatic heterocycles. The highest BCUT2D eigenvalue weighted by molar-refractivity contribution is 6.26. The van der Waals surface area contributed by atoms with Crippen LogP contribution in [0.25, 0.3) is 208 Å². The molecule has 1 aliphatic carbocycles. The van der Waals surface area contributed by atoms with E-state index >= 15 is 0 Å². The Labute approximate surface area is 722 Å². The molecule has 0 heterocycles. The van der Waals surface area contributed by atoms with E-state index in [0.29, 0.717) is 55.1 Å². The Bertz CT molecular complexity index is 9120. The fourth-order valence-electron chi connectivity index (χ4n) is 17.6. The van der Waals surface area contributed by atoms with E-state index < -0.39 is 109 Å². The summed E-state index contributed by atoms with van der Waals surface area (Å²) < 4.78 is 237. The van der Waals surface area contributed by atoms with Crippen LogP contribution in [0.3, 0.4) is 0 Å². The molecule has 23 rings (SSSR count). The van der Waals surface area contributed by atoms with E-state index in [-0.39, 0.29) is 125 Å². The third-order valence-electron chi connectivity index (χ3n) is 22.9. The second-order valence-electron chi connectivity index (χ2n) is 29.8. The second-order valence-corrected chi connectivity index (χ2v) is 29.8. The van der Waals surface area contributed by atoms with E-state index in [9.17, 15) is 15.4 Å². The summed E-state index contributed by atoms with van der Waals surface area (Å²) in [7, 11) is 0. The Balaban J connectivity index is 0.000000128. The smallest absolute Gasteiger partial charge is 0.123 e. The number of hydrogen-bond acceptors (Lipinski definition) is 0. The van der Waals surface area contributed by atoms with E-state index in [0.717, 1.165) is 82.2 Å². The lowest BCUT2D eigenvalue weighted by Crippen LogP contribution is -2.14. The first-order chi connectivity index (χ1) is 68.6. The first-order valence-electron chi connectivity index (χ1n) is 51.3. The van der Waals surface area contributed by atoms with Gasteiger partial charge in [0.1, 0.15) is 5.82 Å². The minimum atomic E-state index is -0.592. The van der Waals surface area contributed by atoms with Crippen molar-refractivity contribution in [2.75, 3.05) is 0 Å². The number of hydrogen-bond donors (Lipinski definition) is 0. The van der Waals surface area contributed by atoms with Gasteiger partial charge in [-0.25, -0.2) is 4.39 Å². The average Bonchev–Trinajstić information content (AvgIpc) is 1.21. The van der Waals surface area contributed by atoms with Gasteiger partial charge in [0.2, 0.25) is 0 Å². The predicted octanol–water partition coefficient (Wildman–Crippen LogP) is 32.9. The Hall–Kier alpha value is -14.9. The first kappa shape index (κ1) is 49.0. The zero-order chi connectivity index (χ0) is 101. The van der Waals surface area contributed by atoms with Gasteiger partial charge in [0, 0.05) is 5.41 Å². The van der Waals surface area contributed by atoms with E-state index in [4.69, 9.17) is 23.3 Å². The Morgan fingerprint density at radius 2 is 0.568 bits per heavy atom. The lowest BCUT2D eigenvalue weighted by atomic mass is 9.80. The average molecular weight is 1530 g/mol. The molecule has 0 radical (unpaired) electrons. The van der Waals surface area contributed by atoms with Crippen LogP contribution in [0.4, 0.5) is 4.39 Å². The van der Waals surface area contributed by atoms with Gasteiger partial charge >= 0.3 is 0 Å². The van der Waals surface area contributed by atoms with Gasteiger partial charge in [-0.3, -0.25) is 0 Å². The second kappa shape index (κ2) is 29.8. The zero-order valence-electron chi connectivity index (χ0n) is 88.6. The SMILES string of the molecule is [2H]c1c([2H])c([2H])c(-c2ccccc2-c2c3c([2H])c([2H])c([2H])c([2H])c3c(-c3ccc4cccc(-c5ccccc5)c4c3)c3c([2H])c([2H])c([2H])c([2H])c23)c([2H])c1[2H].[2H]c1c([2H])c([2H])c2c(-c3cccc4ccccc34)c3c([2H])c([2H])c([2H])c([2H])c3c(-c3ccc4cc(-c5ccccc5)ccc4c3)c2c1[2H].[2H]c1c([2H])c([2H])c2c(-c3ccccc3)c3cc(F)ccc3c(-c3ccc4c(c3)C(C)(C)c3ccccc3-4)c2c1[2H]. The molecule has 22 aromatic carbocycles. The maximum absolute atomic E-state index is 14.9. The molecule has 0 nitrogen and oxygen atoms in total. The van der Waals surface area contributed by atoms with E-state index in [1.165, 1.54) is 29.3 Å². The van der Waals surface area contributed by atoms with Gasteiger partial charge in [0.15, 0.2) is 0 Å². The summed E-state index contributed by atoms with van der Waals surface area (Å²) >= 11 is 0. The van der Waals surface area contributed by atoms with Gasteiger partial charge < -0.3 is 0 Å². The van der Waals surface area contributed by atoms with E-state index in [1.807, 2.05) is 206 Å². The van der Waals surface area contributed by atoms with E-state index in [2.05, 4.69) is 50.2 Å². The van der Waals surface area contributed by atoms with Crippen LogP contribution in [0.5, 0.6) is 0 Å². The largest absolute Gasteiger partial charge is 0.207 e. The molecule has 0 bridgehead atoms. The van der Waals surface area contributed by atoms with Crippen LogP contribution >= 0.6 is 0 Å². The number of benzene rings is 22. The highest BCUT2D eigenvalue weighted by atomic mass is 19.1. The number of rotatable bonds is 9. The van der Waals surface area contributed by atoms with Crippen LogP contribution in [-0.4, -0.2) is 0 Å². The van der Waals surface area contributed by atoms with Crippen LogP contribution < -0.4 is 0 Å². The summed E-state index contributed by atoms with van der Waals surface area (Å²) in [4.78, 5) is 0. The molecule has 118 heavy (non-hydrogen) atoms.